The molecule has 4 aromatic rings. The van der Waals surface area contributed by atoms with E-state index in [4.69, 9.17) is 9.47 Å². The monoisotopic (exact) mass is 534 g/mol. The number of allylic oxidation sites excluding steroid dienone is 1. The molecule has 3 aromatic carbocycles. The van der Waals surface area contributed by atoms with Crippen LogP contribution in [0.5, 0.6) is 5.75 Å². The van der Waals surface area contributed by atoms with Gasteiger partial charge in [-0.3, -0.25) is 4.57 Å². The van der Waals surface area contributed by atoms with Crippen LogP contribution in [0, 0.1) is 11.3 Å². The molecule has 1 saturated heterocycles. The Labute approximate surface area is 231 Å². The van der Waals surface area contributed by atoms with Crippen molar-refractivity contribution in [3.8, 4) is 17.5 Å². The van der Waals surface area contributed by atoms with E-state index in [9.17, 15) is 5.26 Å². The molecule has 2 aliphatic rings. The second-order valence-electron chi connectivity index (χ2n) is 8.91. The Morgan fingerprint density at radius 1 is 0.897 bits per heavy atom. The van der Waals surface area contributed by atoms with E-state index in [1.54, 1.807) is 7.11 Å². The van der Waals surface area contributed by atoms with E-state index >= 15 is 0 Å². The fourth-order valence-corrected chi connectivity index (χ4v) is 5.73. The number of methoxy groups -OCH3 is 1. The fourth-order valence-electron chi connectivity index (χ4n) is 4.71. The van der Waals surface area contributed by atoms with E-state index in [0.29, 0.717) is 43.6 Å². The first-order chi connectivity index (χ1) is 19.3. The number of anilines is 2. The largest absolute Gasteiger partial charge is 0.497 e. The van der Waals surface area contributed by atoms with E-state index < -0.39 is 0 Å². The van der Waals surface area contributed by atoms with Gasteiger partial charge >= 0.3 is 0 Å². The molecule has 0 N–H and O–H groups in total. The molecular formula is C30H26N6O2S. The lowest BCUT2D eigenvalue weighted by Gasteiger charge is -2.28. The lowest BCUT2D eigenvalue weighted by molar-refractivity contribution is 0.122. The summed E-state index contributed by atoms with van der Waals surface area (Å²) >= 11 is 1.51. The number of aromatic nitrogens is 3. The summed E-state index contributed by atoms with van der Waals surface area (Å²) in [7, 11) is 1.65. The second kappa shape index (κ2) is 11.1. The summed E-state index contributed by atoms with van der Waals surface area (Å²) in [6.07, 6.45) is 0. The van der Waals surface area contributed by atoms with Crippen molar-refractivity contribution in [2.45, 2.75) is 0 Å². The molecule has 8 nitrogen and oxygen atoms in total. The van der Waals surface area contributed by atoms with Gasteiger partial charge in [-0.25, -0.2) is 0 Å². The van der Waals surface area contributed by atoms with Gasteiger partial charge in [-0.2, -0.15) is 5.26 Å². The summed E-state index contributed by atoms with van der Waals surface area (Å²) in [6, 6.07) is 30.4. The average molecular weight is 535 g/mol. The number of nitriles is 1. The number of para-hydroxylation sites is 1. The quantitative estimate of drug-likeness (QED) is 0.298. The SMILES string of the molecule is COc1ccc(N2C(c3ccccc3)=CS/C2=C(/C#N)c2nnc(N3CCOCC3)n2-c2ccccc2)cc1. The molecule has 1 fully saturated rings. The summed E-state index contributed by atoms with van der Waals surface area (Å²) in [5, 5.41) is 22.7. The van der Waals surface area contributed by atoms with Crippen LogP contribution >= 0.6 is 11.8 Å². The molecule has 2 aliphatic heterocycles. The van der Waals surface area contributed by atoms with Crippen molar-refractivity contribution in [2.24, 2.45) is 0 Å². The van der Waals surface area contributed by atoms with Crippen LogP contribution in [-0.4, -0.2) is 48.2 Å². The van der Waals surface area contributed by atoms with Gasteiger partial charge in [0.2, 0.25) is 5.95 Å². The number of morpholine rings is 1. The first-order valence-corrected chi connectivity index (χ1v) is 13.5. The second-order valence-corrected chi connectivity index (χ2v) is 9.76. The Bertz CT molecular complexity index is 1550. The van der Waals surface area contributed by atoms with Crippen molar-refractivity contribution >= 4 is 34.7 Å². The average Bonchev–Trinajstić information content (AvgIpc) is 3.65. The highest BCUT2D eigenvalue weighted by molar-refractivity contribution is 8.06. The van der Waals surface area contributed by atoms with E-state index in [2.05, 4.69) is 43.6 Å². The lowest BCUT2D eigenvalue weighted by Crippen LogP contribution is -2.38. The van der Waals surface area contributed by atoms with Crippen LogP contribution in [0.4, 0.5) is 11.6 Å². The molecule has 0 atom stereocenters. The number of ether oxygens (including phenoxy) is 2. The topological polar surface area (TPSA) is 79.4 Å². The zero-order valence-electron chi connectivity index (χ0n) is 21.4. The smallest absolute Gasteiger partial charge is 0.232 e. The van der Waals surface area contributed by atoms with Crippen molar-refractivity contribution < 1.29 is 9.47 Å². The van der Waals surface area contributed by atoms with Gasteiger partial charge in [-0.1, -0.05) is 60.3 Å². The third kappa shape index (κ3) is 4.76. The molecule has 194 valence electrons. The van der Waals surface area contributed by atoms with E-state index in [1.165, 1.54) is 11.8 Å². The Morgan fingerprint density at radius 3 is 2.26 bits per heavy atom. The summed E-state index contributed by atoms with van der Waals surface area (Å²) in [5.41, 5.74) is 4.27. The predicted molar refractivity (Wildman–Crippen MR) is 154 cm³/mol. The number of rotatable bonds is 6. The van der Waals surface area contributed by atoms with Gasteiger partial charge in [0, 0.05) is 24.2 Å². The summed E-state index contributed by atoms with van der Waals surface area (Å²) < 4.78 is 12.9. The highest BCUT2D eigenvalue weighted by Gasteiger charge is 2.32. The van der Waals surface area contributed by atoms with Gasteiger partial charge in [0.15, 0.2) is 5.82 Å². The highest BCUT2D eigenvalue weighted by Crippen LogP contribution is 2.46. The third-order valence-corrected chi connectivity index (χ3v) is 7.58. The molecule has 6 rings (SSSR count). The van der Waals surface area contributed by atoms with E-state index in [0.717, 1.165) is 33.4 Å². The van der Waals surface area contributed by atoms with Crippen LogP contribution in [0.15, 0.2) is 95.4 Å². The first-order valence-electron chi connectivity index (χ1n) is 12.6. The molecule has 0 unspecified atom stereocenters. The molecule has 0 saturated carbocycles. The van der Waals surface area contributed by atoms with Crippen LogP contribution in [0.25, 0.3) is 17.0 Å². The van der Waals surface area contributed by atoms with Crippen molar-refractivity contribution in [3.63, 3.8) is 0 Å². The molecule has 0 spiro atoms. The summed E-state index contributed by atoms with van der Waals surface area (Å²) in [5.74, 6) is 1.96. The first kappa shape index (κ1) is 24.8. The van der Waals surface area contributed by atoms with Gasteiger partial charge in [0.05, 0.1) is 31.7 Å². The Morgan fingerprint density at radius 2 is 1.59 bits per heavy atom. The number of benzene rings is 3. The van der Waals surface area contributed by atoms with Gasteiger partial charge < -0.3 is 19.3 Å². The maximum absolute atomic E-state index is 10.6. The van der Waals surface area contributed by atoms with Crippen LogP contribution in [-0.2, 0) is 4.74 Å². The van der Waals surface area contributed by atoms with Gasteiger partial charge in [0.1, 0.15) is 22.4 Å². The van der Waals surface area contributed by atoms with E-state index in [1.807, 2.05) is 77.4 Å². The zero-order valence-corrected chi connectivity index (χ0v) is 22.2. The molecule has 0 aliphatic carbocycles. The van der Waals surface area contributed by atoms with E-state index in [-0.39, 0.29) is 0 Å². The van der Waals surface area contributed by atoms with Gasteiger partial charge in [-0.15, -0.1) is 10.2 Å². The van der Waals surface area contributed by atoms with Crippen molar-refractivity contribution in [2.75, 3.05) is 43.2 Å². The molecule has 0 amide bonds. The standard InChI is InChI=1S/C30H26N6O2S/c1-37-25-14-12-24(13-15-25)35-27(22-8-4-2-5-9-22)21-39-29(35)26(20-31)28-32-33-30(34-16-18-38-19-17-34)36(28)23-10-6-3-7-11-23/h2-15,21H,16-19H2,1H3/b29-26-. The Balaban J connectivity index is 1.53. The number of nitrogens with zero attached hydrogens (tertiary/aromatic N) is 6. The van der Waals surface area contributed by atoms with Crippen molar-refractivity contribution in [3.05, 3.63) is 107 Å². The summed E-state index contributed by atoms with van der Waals surface area (Å²) in [6.45, 7) is 2.65. The normalized spacial score (nSPS) is 16.6. The van der Waals surface area contributed by atoms with Crippen LogP contribution in [0.1, 0.15) is 11.4 Å². The van der Waals surface area contributed by atoms with Crippen LogP contribution in [0.3, 0.4) is 0 Å². The molecule has 0 radical (unpaired) electrons. The lowest BCUT2D eigenvalue weighted by atomic mass is 10.1. The van der Waals surface area contributed by atoms with Crippen molar-refractivity contribution in [1.29, 1.82) is 5.26 Å². The number of thioether (sulfide) groups is 1. The molecule has 3 heterocycles. The molecule has 39 heavy (non-hydrogen) atoms. The zero-order chi connectivity index (χ0) is 26.6. The fraction of sp³-hybridized carbons (Fsp3) is 0.167. The molecular weight excluding hydrogens is 508 g/mol. The highest BCUT2D eigenvalue weighted by atomic mass is 32.2. The Kier molecular flexibility index (Phi) is 7.04. The molecule has 1 aromatic heterocycles. The predicted octanol–water partition coefficient (Wildman–Crippen LogP) is 5.56. The van der Waals surface area contributed by atoms with Gasteiger partial charge in [-0.05, 0) is 42.0 Å². The number of hydrogen-bond donors (Lipinski definition) is 0. The maximum Gasteiger partial charge on any atom is 0.232 e. The Hall–Kier alpha value is -4.52. The third-order valence-electron chi connectivity index (χ3n) is 6.63. The number of hydrogen-bond acceptors (Lipinski definition) is 8. The minimum atomic E-state index is 0.439. The molecule has 0 bridgehead atoms. The summed E-state index contributed by atoms with van der Waals surface area (Å²) in [4.78, 5) is 4.26. The van der Waals surface area contributed by atoms with Gasteiger partial charge in [0.25, 0.3) is 0 Å². The molecule has 9 heteroatoms. The van der Waals surface area contributed by atoms with Crippen LogP contribution < -0.4 is 14.5 Å². The minimum Gasteiger partial charge on any atom is -0.497 e. The maximum atomic E-state index is 10.6. The minimum absolute atomic E-state index is 0.439. The van der Waals surface area contributed by atoms with Crippen molar-refractivity contribution in [1.82, 2.24) is 14.8 Å². The van der Waals surface area contributed by atoms with Crippen LogP contribution in [0.2, 0.25) is 0 Å².